The quantitative estimate of drug-likeness (QED) is 0.678. The van der Waals surface area contributed by atoms with Crippen LogP contribution >= 0.6 is 0 Å². The summed E-state index contributed by atoms with van der Waals surface area (Å²) in [4.78, 5) is 25.6. The van der Waals surface area contributed by atoms with Crippen molar-refractivity contribution < 1.29 is 9.59 Å². The maximum absolute atomic E-state index is 13.6. The van der Waals surface area contributed by atoms with Crippen LogP contribution < -0.4 is 10.6 Å². The van der Waals surface area contributed by atoms with E-state index in [9.17, 15) is 9.59 Å². The predicted molar refractivity (Wildman–Crippen MR) is 131 cm³/mol. The van der Waals surface area contributed by atoms with Gasteiger partial charge in [0.25, 0.3) is 0 Å². The van der Waals surface area contributed by atoms with Gasteiger partial charge in [0.2, 0.25) is 11.8 Å². The van der Waals surface area contributed by atoms with Crippen LogP contribution in [0.25, 0.3) is 0 Å². The third-order valence-corrected chi connectivity index (χ3v) is 9.95. The Kier molecular flexibility index (Phi) is 5.49. The number of rotatable bonds is 4. The molecule has 1 aromatic carbocycles. The number of amides is 2. The van der Waals surface area contributed by atoms with Crippen LogP contribution in [0, 0.1) is 34.5 Å². The van der Waals surface area contributed by atoms with Gasteiger partial charge in [0.1, 0.15) is 0 Å². The summed E-state index contributed by atoms with van der Waals surface area (Å²) in [7, 11) is 0. The molecule has 1 aliphatic heterocycles. The predicted octanol–water partition coefficient (Wildman–Crippen LogP) is 5.04. The van der Waals surface area contributed by atoms with E-state index in [0.717, 1.165) is 38.5 Å². The van der Waals surface area contributed by atoms with Gasteiger partial charge in [-0.25, -0.2) is 0 Å². The Morgan fingerprint density at radius 2 is 1.82 bits per heavy atom. The van der Waals surface area contributed by atoms with E-state index in [4.69, 9.17) is 0 Å². The highest BCUT2D eigenvalue weighted by atomic mass is 16.2. The summed E-state index contributed by atoms with van der Waals surface area (Å²) in [5.74, 6) is 2.28. The van der Waals surface area contributed by atoms with Crippen LogP contribution in [0.2, 0.25) is 0 Å². The first-order valence-corrected chi connectivity index (χ1v) is 13.0. The van der Waals surface area contributed by atoms with Gasteiger partial charge >= 0.3 is 0 Å². The third-order valence-electron chi connectivity index (χ3n) is 9.95. The van der Waals surface area contributed by atoms with Gasteiger partial charge in [-0.15, -0.1) is 0 Å². The van der Waals surface area contributed by atoms with Gasteiger partial charge in [0, 0.05) is 22.9 Å². The minimum absolute atomic E-state index is 0.0518. The Morgan fingerprint density at radius 1 is 1.06 bits per heavy atom. The summed E-state index contributed by atoms with van der Waals surface area (Å²) in [5.41, 5.74) is 1.13. The van der Waals surface area contributed by atoms with Crippen molar-refractivity contribution in [1.29, 1.82) is 0 Å². The molecule has 5 rings (SSSR count). The van der Waals surface area contributed by atoms with E-state index >= 15 is 0 Å². The topological polar surface area (TPSA) is 58.2 Å². The largest absolute Gasteiger partial charge is 0.351 e. The summed E-state index contributed by atoms with van der Waals surface area (Å²) in [5, 5.41) is 6.68. The van der Waals surface area contributed by atoms with Crippen molar-refractivity contribution in [2.45, 2.75) is 84.2 Å². The number of hydrogen-bond acceptors (Lipinski definition) is 2. The average Bonchev–Trinajstić information content (AvgIpc) is 3.11. The highest BCUT2D eigenvalue weighted by Gasteiger charge is 2.61. The van der Waals surface area contributed by atoms with Gasteiger partial charge in [-0.3, -0.25) is 9.59 Å². The average molecular weight is 449 g/mol. The van der Waals surface area contributed by atoms with Crippen LogP contribution in [0.5, 0.6) is 0 Å². The van der Waals surface area contributed by atoms with Crippen LogP contribution in [0.15, 0.2) is 42.5 Å². The number of fused-ring (bicyclic) bond motifs is 5. The minimum atomic E-state index is -0.263. The molecular formula is C29H40N2O2. The molecule has 33 heavy (non-hydrogen) atoms. The van der Waals surface area contributed by atoms with Gasteiger partial charge in [0.15, 0.2) is 0 Å². The first-order valence-electron chi connectivity index (χ1n) is 13.0. The fraction of sp³-hybridized carbons (Fsp3) is 0.655. The molecule has 4 heteroatoms. The minimum Gasteiger partial charge on any atom is -0.351 e. The normalized spacial score (nSPS) is 39.8. The zero-order chi connectivity index (χ0) is 23.4. The zero-order valence-corrected chi connectivity index (χ0v) is 20.7. The molecule has 0 spiro atoms. The van der Waals surface area contributed by atoms with Gasteiger partial charge < -0.3 is 10.6 Å². The lowest BCUT2D eigenvalue weighted by atomic mass is 9.48. The maximum atomic E-state index is 13.6. The summed E-state index contributed by atoms with van der Waals surface area (Å²) >= 11 is 0. The smallest absolute Gasteiger partial charge is 0.243 e. The Morgan fingerprint density at radius 3 is 2.58 bits per heavy atom. The first kappa shape index (κ1) is 22.7. The van der Waals surface area contributed by atoms with E-state index in [-0.39, 0.29) is 40.1 Å². The number of benzene rings is 1. The standard InChI is InChI=1S/C29H40N2O2/c1-27(2,18-19-8-6-5-7-9-19)31-26(33)23-12-11-21-20-10-13-24-29(4,17-15-25(32)30-24)22(20)14-16-28(21,23)3/h5-9,15,17,20-24H,10-14,16,18H2,1-4H3,(H,30,32)(H,31,33)/t20-,21-,22-,23+,24+,28-,29+/m0/s1. The van der Waals surface area contributed by atoms with Crippen LogP contribution in [-0.2, 0) is 16.0 Å². The second-order valence-electron chi connectivity index (χ2n) is 12.4. The lowest BCUT2D eigenvalue weighted by Crippen LogP contribution is -2.60. The van der Waals surface area contributed by atoms with Gasteiger partial charge in [0.05, 0.1) is 0 Å². The molecule has 178 valence electrons. The van der Waals surface area contributed by atoms with Crippen molar-refractivity contribution >= 4 is 11.8 Å². The Bertz CT molecular complexity index is 954. The van der Waals surface area contributed by atoms with E-state index in [0.29, 0.717) is 17.8 Å². The van der Waals surface area contributed by atoms with Crippen molar-refractivity contribution in [1.82, 2.24) is 10.6 Å². The molecule has 2 N–H and O–H groups in total. The highest BCUT2D eigenvalue weighted by Crippen LogP contribution is 2.65. The summed E-state index contributed by atoms with van der Waals surface area (Å²) in [6, 6.07) is 10.7. The van der Waals surface area contributed by atoms with E-state index < -0.39 is 0 Å². The third kappa shape index (κ3) is 3.84. The van der Waals surface area contributed by atoms with Gasteiger partial charge in [-0.2, -0.15) is 0 Å². The van der Waals surface area contributed by atoms with Crippen LogP contribution in [0.3, 0.4) is 0 Å². The molecule has 0 bridgehead atoms. The number of hydrogen-bond donors (Lipinski definition) is 2. The van der Waals surface area contributed by atoms with Gasteiger partial charge in [-0.1, -0.05) is 50.3 Å². The van der Waals surface area contributed by atoms with Crippen LogP contribution in [0.1, 0.15) is 71.8 Å². The molecule has 3 aliphatic carbocycles. The molecule has 0 saturated heterocycles. The van der Waals surface area contributed by atoms with E-state index in [1.54, 1.807) is 6.08 Å². The molecule has 2 amide bonds. The van der Waals surface area contributed by atoms with Crippen molar-refractivity contribution in [2.24, 2.45) is 34.5 Å². The van der Waals surface area contributed by atoms with Crippen LogP contribution in [-0.4, -0.2) is 23.4 Å². The fourth-order valence-electron chi connectivity index (χ4n) is 8.34. The van der Waals surface area contributed by atoms with Crippen molar-refractivity contribution in [2.75, 3.05) is 0 Å². The van der Waals surface area contributed by atoms with E-state index in [1.807, 2.05) is 6.07 Å². The molecule has 1 heterocycles. The molecular weight excluding hydrogens is 408 g/mol. The molecule has 3 fully saturated rings. The number of carbonyl (C=O) groups is 2. The lowest BCUT2D eigenvalue weighted by molar-refractivity contribution is -0.135. The highest BCUT2D eigenvalue weighted by molar-refractivity contribution is 5.89. The summed E-state index contributed by atoms with van der Waals surface area (Å²) in [6.45, 7) is 9.06. The summed E-state index contributed by atoms with van der Waals surface area (Å²) < 4.78 is 0. The second-order valence-corrected chi connectivity index (χ2v) is 12.4. The maximum Gasteiger partial charge on any atom is 0.243 e. The first-order chi connectivity index (χ1) is 15.6. The lowest BCUT2D eigenvalue weighted by Gasteiger charge is -2.58. The van der Waals surface area contributed by atoms with Crippen molar-refractivity contribution in [3.05, 3.63) is 48.0 Å². The molecule has 0 radical (unpaired) electrons. The van der Waals surface area contributed by atoms with E-state index in [2.05, 4.69) is 68.7 Å². The molecule has 7 atom stereocenters. The second kappa shape index (κ2) is 7.99. The fourth-order valence-corrected chi connectivity index (χ4v) is 8.34. The Hall–Kier alpha value is -2.10. The number of nitrogens with one attached hydrogen (secondary N) is 2. The molecule has 0 aromatic heterocycles. The molecule has 0 unspecified atom stereocenters. The van der Waals surface area contributed by atoms with Crippen molar-refractivity contribution in [3.63, 3.8) is 0 Å². The van der Waals surface area contributed by atoms with Crippen LogP contribution in [0.4, 0.5) is 0 Å². The van der Waals surface area contributed by atoms with Crippen molar-refractivity contribution in [3.8, 4) is 0 Å². The zero-order valence-electron chi connectivity index (χ0n) is 20.7. The van der Waals surface area contributed by atoms with E-state index in [1.165, 1.54) is 12.0 Å². The molecule has 4 nitrogen and oxygen atoms in total. The number of carbonyl (C=O) groups excluding carboxylic acids is 2. The molecule has 4 aliphatic rings. The SMILES string of the molecule is CC(C)(Cc1ccccc1)NC(=O)[C@H]1CC[C@H]2[C@@H]3CC[C@H]4NC(=O)C=C[C@]4(C)[C@H]3CC[C@]12C. The Balaban J connectivity index is 1.31. The molecule has 3 saturated carbocycles. The Labute approximate surface area is 199 Å². The van der Waals surface area contributed by atoms with Gasteiger partial charge in [-0.05, 0) is 93.6 Å². The monoisotopic (exact) mass is 448 g/mol. The molecule has 1 aromatic rings. The summed E-state index contributed by atoms with van der Waals surface area (Å²) in [6.07, 6.45) is 11.5.